The first kappa shape index (κ1) is 29.1. The van der Waals surface area contributed by atoms with E-state index in [1.54, 1.807) is 54.6 Å². The molecule has 0 aromatic heterocycles. The Morgan fingerprint density at radius 1 is 0.976 bits per heavy atom. The Morgan fingerprint density at radius 2 is 1.67 bits per heavy atom. The molecule has 0 saturated carbocycles. The highest BCUT2D eigenvalue weighted by Gasteiger charge is 2.36. The van der Waals surface area contributed by atoms with Crippen LogP contribution in [0.2, 0.25) is 0 Å². The number of likely N-dealkylation sites (N-methyl/N-ethyl adjacent to an activating group) is 1. The molecule has 3 aromatic rings. The summed E-state index contributed by atoms with van der Waals surface area (Å²) < 4.78 is 42.7. The molecule has 0 spiro atoms. The molecule has 0 saturated heterocycles. The number of hydrogen-bond acceptors (Lipinski definition) is 9. The predicted octanol–water partition coefficient (Wildman–Crippen LogP) is 3.43. The number of esters is 1. The number of rotatable bonds is 9. The summed E-state index contributed by atoms with van der Waals surface area (Å²) in [6.45, 7) is 1.69. The van der Waals surface area contributed by atoms with Gasteiger partial charge in [0.25, 0.3) is 0 Å². The summed E-state index contributed by atoms with van der Waals surface area (Å²) in [6, 6.07) is 17.1. The van der Waals surface area contributed by atoms with Gasteiger partial charge in [0.1, 0.15) is 19.1 Å². The number of fused-ring (bicyclic) bond motifs is 2. The van der Waals surface area contributed by atoms with Crippen molar-refractivity contribution in [2.45, 2.75) is 5.92 Å². The fourth-order valence-electron chi connectivity index (χ4n) is 4.89. The molecule has 2 aliphatic rings. The molecular formula is C30H32N4O7S. The second kappa shape index (κ2) is 11.8. The monoisotopic (exact) mass is 592 g/mol. The van der Waals surface area contributed by atoms with Crippen LogP contribution in [0.3, 0.4) is 0 Å². The van der Waals surface area contributed by atoms with Gasteiger partial charge in [-0.1, -0.05) is 6.07 Å². The van der Waals surface area contributed by atoms with E-state index in [1.165, 1.54) is 17.7 Å². The van der Waals surface area contributed by atoms with Crippen LogP contribution in [0, 0.1) is 0 Å². The molecular weight excluding hydrogens is 560 g/mol. The number of nitrogens with one attached hydrogen (secondary N) is 1. The lowest BCUT2D eigenvalue weighted by molar-refractivity contribution is -0.115. The van der Waals surface area contributed by atoms with Crippen LogP contribution in [0.25, 0.3) is 0 Å². The van der Waals surface area contributed by atoms with Gasteiger partial charge in [-0.3, -0.25) is 14.1 Å². The standard InChI is InChI=1S/C30H32N4O7S/c1-33(2)13-14-34(42(4,37)38)22-9-7-21(8-10-22)31-28(19-6-12-25-26(18-19)41-16-15-40-25)27-23-11-5-20(30(36)39-3)17-24(23)32-29(27)35/h5-12,17-18,27H,13-16H2,1-4H3,(H,32,35). The van der Waals surface area contributed by atoms with Crippen molar-refractivity contribution in [1.29, 1.82) is 0 Å². The molecule has 42 heavy (non-hydrogen) atoms. The fraction of sp³-hybridized carbons (Fsp3) is 0.300. The summed E-state index contributed by atoms with van der Waals surface area (Å²) in [5.41, 5.74) is 3.61. The Morgan fingerprint density at radius 3 is 2.33 bits per heavy atom. The zero-order chi connectivity index (χ0) is 30.0. The minimum atomic E-state index is -3.51. The summed E-state index contributed by atoms with van der Waals surface area (Å²) in [4.78, 5) is 32.3. The normalized spacial score (nSPS) is 16.2. The number of carbonyl (C=O) groups is 2. The van der Waals surface area contributed by atoms with Gasteiger partial charge in [-0.15, -0.1) is 0 Å². The molecule has 0 radical (unpaired) electrons. The van der Waals surface area contributed by atoms with Crippen molar-refractivity contribution in [3.63, 3.8) is 0 Å². The number of anilines is 2. The van der Waals surface area contributed by atoms with Crippen LogP contribution >= 0.6 is 0 Å². The van der Waals surface area contributed by atoms with Crippen molar-refractivity contribution < 1.29 is 32.2 Å². The van der Waals surface area contributed by atoms with Crippen LogP contribution < -0.4 is 19.1 Å². The van der Waals surface area contributed by atoms with E-state index in [-0.39, 0.29) is 5.91 Å². The zero-order valence-electron chi connectivity index (χ0n) is 23.8. The van der Waals surface area contributed by atoms with Gasteiger partial charge in [-0.25, -0.2) is 13.2 Å². The van der Waals surface area contributed by atoms with Gasteiger partial charge in [0.05, 0.1) is 36.0 Å². The first-order chi connectivity index (χ1) is 20.0. The predicted molar refractivity (Wildman–Crippen MR) is 160 cm³/mol. The zero-order valence-corrected chi connectivity index (χ0v) is 24.6. The third-order valence-electron chi connectivity index (χ3n) is 6.95. The highest BCUT2D eigenvalue weighted by Crippen LogP contribution is 2.39. The number of methoxy groups -OCH3 is 1. The molecule has 0 aliphatic carbocycles. The summed E-state index contributed by atoms with van der Waals surface area (Å²) in [5.74, 6) is -0.451. The summed E-state index contributed by atoms with van der Waals surface area (Å²) in [7, 11) is 1.55. The first-order valence-corrected chi connectivity index (χ1v) is 15.1. The quantitative estimate of drug-likeness (QED) is 0.296. The average molecular weight is 593 g/mol. The van der Waals surface area contributed by atoms with Crippen LogP contribution in [0.5, 0.6) is 11.5 Å². The lowest BCUT2D eigenvalue weighted by atomic mass is 9.90. The first-order valence-electron chi connectivity index (χ1n) is 13.3. The molecule has 11 nitrogen and oxygen atoms in total. The molecule has 0 fully saturated rings. The van der Waals surface area contributed by atoms with Gasteiger partial charge in [-0.2, -0.15) is 0 Å². The maximum absolute atomic E-state index is 13.4. The van der Waals surface area contributed by atoms with Crippen molar-refractivity contribution in [1.82, 2.24) is 4.90 Å². The third kappa shape index (κ3) is 6.09. The van der Waals surface area contributed by atoms with Crippen LogP contribution in [0.15, 0.2) is 65.7 Å². The second-order valence-corrected chi connectivity index (χ2v) is 12.1. The van der Waals surface area contributed by atoms with Crippen LogP contribution in [0.4, 0.5) is 17.1 Å². The molecule has 12 heteroatoms. The Hall–Kier alpha value is -4.42. The van der Waals surface area contributed by atoms with Gasteiger partial charge >= 0.3 is 5.97 Å². The Bertz CT molecular complexity index is 1650. The maximum atomic E-state index is 13.4. The van der Waals surface area contributed by atoms with Crippen molar-refractivity contribution >= 4 is 44.7 Å². The molecule has 5 rings (SSSR count). The van der Waals surface area contributed by atoms with Crippen LogP contribution in [-0.4, -0.2) is 84.7 Å². The van der Waals surface area contributed by atoms with E-state index in [0.29, 0.717) is 77.3 Å². The van der Waals surface area contributed by atoms with Crippen molar-refractivity contribution in [3.05, 3.63) is 77.4 Å². The molecule has 0 bridgehead atoms. The number of benzene rings is 3. The van der Waals surface area contributed by atoms with Crippen LogP contribution in [0.1, 0.15) is 27.4 Å². The molecule has 1 atom stereocenters. The molecule has 2 aliphatic heterocycles. The smallest absolute Gasteiger partial charge is 0.337 e. The summed E-state index contributed by atoms with van der Waals surface area (Å²) in [5, 5.41) is 2.87. The molecule has 3 aromatic carbocycles. The second-order valence-electron chi connectivity index (χ2n) is 10.2. The largest absolute Gasteiger partial charge is 0.486 e. The lowest BCUT2D eigenvalue weighted by Gasteiger charge is -2.24. The Kier molecular flexibility index (Phi) is 8.19. The van der Waals surface area contributed by atoms with E-state index < -0.39 is 21.9 Å². The van der Waals surface area contributed by atoms with Crippen molar-refractivity contribution in [2.75, 3.05) is 63.4 Å². The van der Waals surface area contributed by atoms with E-state index in [1.807, 2.05) is 25.1 Å². The Labute approximate surface area is 244 Å². The molecule has 1 amide bonds. The number of nitrogens with zero attached hydrogens (tertiary/aromatic N) is 3. The molecule has 220 valence electrons. The number of carbonyl (C=O) groups excluding carboxylic acids is 2. The number of ether oxygens (including phenoxy) is 3. The lowest BCUT2D eigenvalue weighted by Crippen LogP contribution is -2.35. The van der Waals surface area contributed by atoms with Gasteiger partial charge in [-0.05, 0) is 74.3 Å². The van der Waals surface area contributed by atoms with E-state index in [4.69, 9.17) is 19.2 Å². The topological polar surface area (TPSA) is 127 Å². The van der Waals surface area contributed by atoms with E-state index >= 15 is 0 Å². The van der Waals surface area contributed by atoms with Gasteiger partial charge in [0, 0.05) is 24.3 Å². The molecule has 2 heterocycles. The summed E-state index contributed by atoms with van der Waals surface area (Å²) in [6.07, 6.45) is 1.18. The fourth-order valence-corrected chi connectivity index (χ4v) is 5.80. The summed E-state index contributed by atoms with van der Waals surface area (Å²) >= 11 is 0. The minimum absolute atomic E-state index is 0.295. The molecule has 1 N–H and O–H groups in total. The van der Waals surface area contributed by atoms with Crippen LogP contribution in [-0.2, 0) is 19.6 Å². The van der Waals surface area contributed by atoms with Crippen molar-refractivity contribution in [3.8, 4) is 11.5 Å². The van der Waals surface area contributed by atoms with Gasteiger partial charge in [0.15, 0.2) is 11.5 Å². The van der Waals surface area contributed by atoms with E-state index in [2.05, 4.69) is 5.32 Å². The minimum Gasteiger partial charge on any atom is -0.486 e. The SMILES string of the molecule is COC(=O)c1ccc2c(c1)NC(=O)C2C(=Nc1ccc(N(CCN(C)C)S(C)(=O)=O)cc1)c1ccc2c(c1)OCCO2. The number of hydrogen-bond donors (Lipinski definition) is 1. The third-order valence-corrected chi connectivity index (χ3v) is 8.15. The average Bonchev–Trinajstić information content (AvgIpc) is 3.29. The van der Waals surface area contributed by atoms with E-state index in [9.17, 15) is 18.0 Å². The van der Waals surface area contributed by atoms with Gasteiger partial charge < -0.3 is 24.4 Å². The Balaban J connectivity index is 1.57. The highest BCUT2D eigenvalue weighted by molar-refractivity contribution is 7.92. The van der Waals surface area contributed by atoms with Gasteiger partial charge in [0.2, 0.25) is 15.9 Å². The number of sulfonamides is 1. The van der Waals surface area contributed by atoms with Crippen molar-refractivity contribution in [2.24, 2.45) is 4.99 Å². The van der Waals surface area contributed by atoms with E-state index in [0.717, 1.165) is 0 Å². The number of amides is 1. The molecule has 1 unspecified atom stereocenters. The highest BCUT2D eigenvalue weighted by atomic mass is 32.2. The maximum Gasteiger partial charge on any atom is 0.337 e. The number of aliphatic imine (C=N–C) groups is 1.